The average molecular weight is 286 g/mol. The van der Waals surface area contributed by atoms with Gasteiger partial charge in [0.25, 0.3) is 5.91 Å². The second-order valence-corrected chi connectivity index (χ2v) is 5.75. The van der Waals surface area contributed by atoms with Gasteiger partial charge in [0.1, 0.15) is 5.69 Å². The molecule has 21 heavy (non-hydrogen) atoms. The number of nitrogens with one attached hydrogen (secondary N) is 2. The molecule has 0 aliphatic heterocycles. The van der Waals surface area contributed by atoms with E-state index in [1.807, 2.05) is 24.3 Å². The van der Waals surface area contributed by atoms with Crippen LogP contribution in [0.1, 0.15) is 36.2 Å². The first kappa shape index (κ1) is 13.7. The Bertz CT molecular complexity index is 651. The van der Waals surface area contributed by atoms with Gasteiger partial charge in [-0.05, 0) is 25.0 Å². The van der Waals surface area contributed by atoms with E-state index in [2.05, 4.69) is 10.3 Å². The van der Waals surface area contributed by atoms with E-state index >= 15 is 0 Å². The molecule has 0 atom stereocenters. The minimum absolute atomic E-state index is 0.191. The van der Waals surface area contributed by atoms with Gasteiger partial charge in [0.15, 0.2) is 0 Å². The van der Waals surface area contributed by atoms with E-state index in [1.54, 1.807) is 6.07 Å². The summed E-state index contributed by atoms with van der Waals surface area (Å²) in [6.45, 7) is 0.191. The Hall–Kier alpha value is -2.30. The largest absolute Gasteiger partial charge is 0.481 e. The van der Waals surface area contributed by atoms with Gasteiger partial charge in [0, 0.05) is 17.4 Å². The number of carbonyl (C=O) groups is 2. The number of aromatic amines is 1. The number of amides is 1. The third kappa shape index (κ3) is 2.51. The van der Waals surface area contributed by atoms with Crippen molar-refractivity contribution in [1.29, 1.82) is 0 Å². The van der Waals surface area contributed by atoms with Gasteiger partial charge in [-0.15, -0.1) is 0 Å². The van der Waals surface area contributed by atoms with Crippen LogP contribution in [0.4, 0.5) is 0 Å². The summed E-state index contributed by atoms with van der Waals surface area (Å²) in [7, 11) is 0. The van der Waals surface area contributed by atoms with E-state index < -0.39 is 11.4 Å². The summed E-state index contributed by atoms with van der Waals surface area (Å²) in [4.78, 5) is 26.7. The Kier molecular flexibility index (Phi) is 3.41. The van der Waals surface area contributed by atoms with E-state index in [1.165, 1.54) is 0 Å². The highest BCUT2D eigenvalue weighted by Gasteiger charge is 2.41. The zero-order valence-corrected chi connectivity index (χ0v) is 11.7. The highest BCUT2D eigenvalue weighted by Crippen LogP contribution is 2.37. The first-order valence-electron chi connectivity index (χ1n) is 7.20. The third-order valence-electron chi connectivity index (χ3n) is 4.38. The van der Waals surface area contributed by atoms with Crippen molar-refractivity contribution in [3.05, 3.63) is 36.0 Å². The summed E-state index contributed by atoms with van der Waals surface area (Å²) >= 11 is 0. The van der Waals surface area contributed by atoms with Crippen LogP contribution in [0.3, 0.4) is 0 Å². The van der Waals surface area contributed by atoms with E-state index in [4.69, 9.17) is 0 Å². The fourth-order valence-corrected chi connectivity index (χ4v) is 3.06. The molecule has 2 aromatic rings. The van der Waals surface area contributed by atoms with Crippen molar-refractivity contribution in [2.24, 2.45) is 5.41 Å². The Labute approximate surface area is 122 Å². The number of carbonyl (C=O) groups excluding carboxylic acids is 1. The number of benzene rings is 1. The van der Waals surface area contributed by atoms with Gasteiger partial charge in [-0.2, -0.15) is 0 Å². The third-order valence-corrected chi connectivity index (χ3v) is 4.38. The normalized spacial score (nSPS) is 17.0. The molecule has 0 spiro atoms. The SMILES string of the molecule is O=C(NCC1(C(=O)O)CCCC1)c1cc2ccccc2[nH]1. The lowest BCUT2D eigenvalue weighted by molar-refractivity contribution is -0.148. The van der Waals surface area contributed by atoms with E-state index in [0.717, 1.165) is 23.7 Å². The van der Waals surface area contributed by atoms with Gasteiger partial charge < -0.3 is 15.4 Å². The Balaban J connectivity index is 1.72. The maximum absolute atomic E-state index is 12.2. The summed E-state index contributed by atoms with van der Waals surface area (Å²) in [5, 5.41) is 13.1. The Morgan fingerprint density at radius 3 is 2.62 bits per heavy atom. The lowest BCUT2D eigenvalue weighted by atomic mass is 9.86. The van der Waals surface area contributed by atoms with Gasteiger partial charge >= 0.3 is 5.97 Å². The van der Waals surface area contributed by atoms with Crippen LogP contribution in [0, 0.1) is 5.41 Å². The molecular formula is C16H18N2O3. The summed E-state index contributed by atoms with van der Waals surface area (Å²) in [5.74, 6) is -1.06. The standard InChI is InChI=1S/C16H18N2O3/c19-14(13-9-11-5-1-2-6-12(11)18-13)17-10-16(15(20)21)7-3-4-8-16/h1-2,5-6,9,18H,3-4,7-8,10H2,(H,17,19)(H,20,21). The molecule has 3 N–H and O–H groups in total. The number of carboxylic acid groups (broad SMARTS) is 1. The van der Waals surface area contributed by atoms with E-state index in [9.17, 15) is 14.7 Å². The Morgan fingerprint density at radius 2 is 1.95 bits per heavy atom. The van der Waals surface area contributed by atoms with Crippen molar-refractivity contribution in [2.45, 2.75) is 25.7 Å². The van der Waals surface area contributed by atoms with Gasteiger partial charge in [-0.1, -0.05) is 31.0 Å². The number of aromatic nitrogens is 1. The number of hydrogen-bond acceptors (Lipinski definition) is 2. The first-order chi connectivity index (χ1) is 10.1. The minimum Gasteiger partial charge on any atom is -0.481 e. The van der Waals surface area contributed by atoms with Crippen LogP contribution in [0.5, 0.6) is 0 Å². The first-order valence-corrected chi connectivity index (χ1v) is 7.20. The molecule has 0 saturated heterocycles. The molecule has 1 aromatic heterocycles. The second-order valence-electron chi connectivity index (χ2n) is 5.75. The van der Waals surface area contributed by atoms with Crippen LogP contribution >= 0.6 is 0 Å². The van der Waals surface area contributed by atoms with Crippen LogP contribution in [-0.2, 0) is 4.79 Å². The van der Waals surface area contributed by atoms with E-state index in [-0.39, 0.29) is 12.5 Å². The summed E-state index contributed by atoms with van der Waals surface area (Å²) < 4.78 is 0. The zero-order chi connectivity index (χ0) is 14.9. The molecule has 1 amide bonds. The van der Waals surface area contributed by atoms with Crippen molar-refractivity contribution < 1.29 is 14.7 Å². The van der Waals surface area contributed by atoms with Crippen LogP contribution in [0.25, 0.3) is 10.9 Å². The molecule has 5 heteroatoms. The van der Waals surface area contributed by atoms with Crippen LogP contribution in [0.2, 0.25) is 0 Å². The highest BCUT2D eigenvalue weighted by molar-refractivity contribution is 5.98. The molecule has 1 heterocycles. The molecule has 1 aliphatic rings. The molecule has 0 unspecified atom stereocenters. The quantitative estimate of drug-likeness (QED) is 0.807. The van der Waals surface area contributed by atoms with Crippen molar-refractivity contribution in [3.8, 4) is 0 Å². The summed E-state index contributed by atoms with van der Waals surface area (Å²) in [6, 6.07) is 9.43. The topological polar surface area (TPSA) is 82.2 Å². The maximum atomic E-state index is 12.2. The molecule has 110 valence electrons. The zero-order valence-electron chi connectivity index (χ0n) is 11.7. The molecule has 3 rings (SSSR count). The number of H-pyrrole nitrogens is 1. The molecule has 1 aliphatic carbocycles. The van der Waals surface area contributed by atoms with Crippen LogP contribution in [-0.4, -0.2) is 28.5 Å². The molecule has 0 bridgehead atoms. The molecular weight excluding hydrogens is 268 g/mol. The van der Waals surface area contributed by atoms with Crippen LogP contribution < -0.4 is 5.32 Å². The van der Waals surface area contributed by atoms with Crippen molar-refractivity contribution in [1.82, 2.24) is 10.3 Å². The smallest absolute Gasteiger partial charge is 0.311 e. The number of carboxylic acids is 1. The monoisotopic (exact) mass is 286 g/mol. The average Bonchev–Trinajstić information content (AvgIpc) is 3.12. The van der Waals surface area contributed by atoms with Crippen LogP contribution in [0.15, 0.2) is 30.3 Å². The fraction of sp³-hybridized carbons (Fsp3) is 0.375. The van der Waals surface area contributed by atoms with Gasteiger partial charge in [0.2, 0.25) is 0 Å². The van der Waals surface area contributed by atoms with Gasteiger partial charge in [-0.3, -0.25) is 9.59 Å². The highest BCUT2D eigenvalue weighted by atomic mass is 16.4. The molecule has 1 aromatic carbocycles. The lowest BCUT2D eigenvalue weighted by Crippen LogP contribution is -2.41. The predicted octanol–water partition coefficient (Wildman–Crippen LogP) is 2.54. The number of hydrogen-bond donors (Lipinski definition) is 3. The summed E-state index contributed by atoms with van der Waals surface area (Å²) in [6.07, 6.45) is 3.09. The molecule has 5 nitrogen and oxygen atoms in total. The Morgan fingerprint density at radius 1 is 1.24 bits per heavy atom. The molecule has 0 radical (unpaired) electrons. The molecule has 1 saturated carbocycles. The lowest BCUT2D eigenvalue weighted by Gasteiger charge is -2.23. The van der Waals surface area contributed by atoms with Gasteiger partial charge in [-0.25, -0.2) is 0 Å². The predicted molar refractivity (Wildman–Crippen MR) is 79.2 cm³/mol. The van der Waals surface area contributed by atoms with Crippen molar-refractivity contribution in [3.63, 3.8) is 0 Å². The van der Waals surface area contributed by atoms with E-state index in [0.29, 0.717) is 18.5 Å². The number of fused-ring (bicyclic) bond motifs is 1. The number of rotatable bonds is 4. The van der Waals surface area contributed by atoms with Gasteiger partial charge in [0.05, 0.1) is 5.41 Å². The summed E-state index contributed by atoms with van der Waals surface area (Å²) in [5.41, 5.74) is 0.577. The van der Waals surface area contributed by atoms with Crippen molar-refractivity contribution >= 4 is 22.8 Å². The maximum Gasteiger partial charge on any atom is 0.311 e. The fourth-order valence-electron chi connectivity index (χ4n) is 3.06. The molecule has 1 fully saturated rings. The van der Waals surface area contributed by atoms with Crippen molar-refractivity contribution in [2.75, 3.05) is 6.54 Å². The number of aliphatic carboxylic acids is 1. The minimum atomic E-state index is -0.808. The number of para-hydroxylation sites is 1. The second kappa shape index (κ2) is 5.24.